The van der Waals surface area contributed by atoms with Gasteiger partial charge in [-0.05, 0) is 24.8 Å². The summed E-state index contributed by atoms with van der Waals surface area (Å²) in [6.07, 6.45) is 2.14. The minimum atomic E-state index is -3.01. The summed E-state index contributed by atoms with van der Waals surface area (Å²) in [6.45, 7) is 0.344. The molecule has 23 heavy (non-hydrogen) atoms. The van der Waals surface area contributed by atoms with Gasteiger partial charge in [-0.25, -0.2) is 12.8 Å². The van der Waals surface area contributed by atoms with Crippen molar-refractivity contribution in [1.29, 1.82) is 0 Å². The summed E-state index contributed by atoms with van der Waals surface area (Å²) in [5, 5.41) is 2.90. The van der Waals surface area contributed by atoms with Crippen molar-refractivity contribution in [2.24, 2.45) is 5.92 Å². The number of carbonyl (C=O) groups is 1. The number of amides is 1. The molecule has 1 amide bonds. The summed E-state index contributed by atoms with van der Waals surface area (Å²) in [4.78, 5) is 12.2. The summed E-state index contributed by atoms with van der Waals surface area (Å²) in [5.41, 5.74) is 0.640. The van der Waals surface area contributed by atoms with Crippen LogP contribution in [0.25, 0.3) is 0 Å². The molecule has 1 aromatic rings. The lowest BCUT2D eigenvalue weighted by Gasteiger charge is -2.28. The first kappa shape index (κ1) is 16.2. The molecule has 0 unspecified atom stereocenters. The van der Waals surface area contributed by atoms with Gasteiger partial charge in [-0.15, -0.1) is 0 Å². The third-order valence-corrected chi connectivity index (χ3v) is 6.28. The van der Waals surface area contributed by atoms with E-state index in [1.165, 1.54) is 6.07 Å². The average Bonchev–Trinajstić information content (AvgIpc) is 2.47. The fourth-order valence-electron chi connectivity index (χ4n) is 3.33. The molecular formula is C16H20FNO4S. The van der Waals surface area contributed by atoms with Crippen LogP contribution in [0, 0.1) is 11.7 Å². The Labute approximate surface area is 135 Å². The number of hydrogen-bond donors (Lipinski definition) is 1. The molecule has 2 aliphatic rings. The number of benzene rings is 1. The van der Waals surface area contributed by atoms with Crippen molar-refractivity contribution in [1.82, 2.24) is 5.32 Å². The summed E-state index contributed by atoms with van der Waals surface area (Å²) in [5.74, 6) is -0.240. The average molecular weight is 341 g/mol. The van der Waals surface area contributed by atoms with Crippen molar-refractivity contribution in [3.63, 3.8) is 0 Å². The zero-order valence-corrected chi connectivity index (χ0v) is 13.6. The molecule has 2 heterocycles. The van der Waals surface area contributed by atoms with Gasteiger partial charge >= 0.3 is 0 Å². The molecule has 1 saturated heterocycles. The number of rotatable bonds is 3. The van der Waals surface area contributed by atoms with Gasteiger partial charge in [-0.1, -0.05) is 12.1 Å². The van der Waals surface area contributed by atoms with Gasteiger partial charge in [0.05, 0.1) is 24.2 Å². The van der Waals surface area contributed by atoms with Crippen LogP contribution in [0.4, 0.5) is 4.39 Å². The standard InChI is InChI=1S/C16H20FNO4S/c17-13-5-1-4-12-14(6-7-22-16(12)13)18-15(19)9-11-3-2-8-23(20,21)10-11/h1,4-5,11,14H,2-3,6-10H2,(H,18,19)/t11-,14+/m1/s1. The highest BCUT2D eigenvalue weighted by Crippen LogP contribution is 2.34. The quantitative estimate of drug-likeness (QED) is 0.912. The van der Waals surface area contributed by atoms with E-state index < -0.39 is 15.7 Å². The molecule has 2 atom stereocenters. The first-order valence-electron chi connectivity index (χ1n) is 7.85. The van der Waals surface area contributed by atoms with Crippen molar-refractivity contribution < 1.29 is 22.3 Å². The van der Waals surface area contributed by atoms with Crippen LogP contribution in [0.2, 0.25) is 0 Å². The van der Waals surface area contributed by atoms with E-state index in [1.807, 2.05) is 0 Å². The minimum Gasteiger partial charge on any atom is -0.490 e. The Bertz CT molecular complexity index is 704. The van der Waals surface area contributed by atoms with E-state index >= 15 is 0 Å². The number of hydrogen-bond acceptors (Lipinski definition) is 4. The minimum absolute atomic E-state index is 0.0828. The van der Waals surface area contributed by atoms with E-state index in [0.29, 0.717) is 25.0 Å². The van der Waals surface area contributed by atoms with Crippen LogP contribution >= 0.6 is 0 Å². The highest BCUT2D eigenvalue weighted by atomic mass is 32.2. The van der Waals surface area contributed by atoms with Crippen LogP contribution in [0.15, 0.2) is 18.2 Å². The van der Waals surface area contributed by atoms with Crippen LogP contribution in [-0.2, 0) is 14.6 Å². The fraction of sp³-hybridized carbons (Fsp3) is 0.562. The van der Waals surface area contributed by atoms with Crippen molar-refractivity contribution in [2.75, 3.05) is 18.1 Å². The molecule has 0 aromatic heterocycles. The van der Waals surface area contributed by atoms with E-state index in [1.54, 1.807) is 12.1 Å². The zero-order chi connectivity index (χ0) is 16.4. The first-order valence-corrected chi connectivity index (χ1v) is 9.68. The predicted molar refractivity (Wildman–Crippen MR) is 83.4 cm³/mol. The van der Waals surface area contributed by atoms with E-state index in [4.69, 9.17) is 4.74 Å². The highest BCUT2D eigenvalue weighted by Gasteiger charge is 2.29. The Morgan fingerprint density at radius 3 is 2.96 bits per heavy atom. The van der Waals surface area contributed by atoms with Crippen LogP contribution < -0.4 is 10.1 Å². The third kappa shape index (κ3) is 3.83. The molecule has 0 saturated carbocycles. The molecule has 1 N–H and O–H groups in total. The second-order valence-corrected chi connectivity index (χ2v) is 8.47. The Morgan fingerprint density at radius 1 is 1.35 bits per heavy atom. The lowest BCUT2D eigenvalue weighted by molar-refractivity contribution is -0.122. The molecule has 2 aliphatic heterocycles. The Kier molecular flexibility index (Phi) is 4.57. The smallest absolute Gasteiger partial charge is 0.220 e. The number of nitrogens with one attached hydrogen (secondary N) is 1. The maximum Gasteiger partial charge on any atom is 0.220 e. The van der Waals surface area contributed by atoms with Crippen LogP contribution in [0.5, 0.6) is 5.75 Å². The predicted octanol–water partition coefficient (Wildman–Crippen LogP) is 1.98. The molecule has 126 valence electrons. The number of fused-ring (bicyclic) bond motifs is 1. The van der Waals surface area contributed by atoms with Gasteiger partial charge in [0, 0.05) is 18.4 Å². The lowest BCUT2D eigenvalue weighted by atomic mass is 9.98. The van der Waals surface area contributed by atoms with E-state index in [2.05, 4.69) is 5.32 Å². The molecule has 3 rings (SSSR count). The van der Waals surface area contributed by atoms with Gasteiger partial charge in [0.1, 0.15) is 0 Å². The zero-order valence-electron chi connectivity index (χ0n) is 12.8. The molecule has 0 spiro atoms. The Hall–Kier alpha value is -1.63. The van der Waals surface area contributed by atoms with Crippen LogP contribution in [0.3, 0.4) is 0 Å². The molecule has 7 heteroatoms. The first-order chi connectivity index (χ1) is 10.9. The van der Waals surface area contributed by atoms with Gasteiger partial charge in [0.25, 0.3) is 0 Å². The largest absolute Gasteiger partial charge is 0.490 e. The topological polar surface area (TPSA) is 72.5 Å². The fourth-order valence-corrected chi connectivity index (χ4v) is 5.11. The molecule has 5 nitrogen and oxygen atoms in total. The van der Waals surface area contributed by atoms with Gasteiger partial charge < -0.3 is 10.1 Å². The molecule has 0 aliphatic carbocycles. The number of sulfone groups is 1. The van der Waals surface area contributed by atoms with Crippen molar-refractivity contribution >= 4 is 15.7 Å². The summed E-state index contributed by atoms with van der Waals surface area (Å²) < 4.78 is 42.4. The Morgan fingerprint density at radius 2 is 2.17 bits per heavy atom. The molecule has 0 bridgehead atoms. The number of para-hydroxylation sites is 1. The number of ether oxygens (including phenoxy) is 1. The van der Waals surface area contributed by atoms with Crippen LogP contribution in [0.1, 0.15) is 37.3 Å². The second kappa shape index (κ2) is 6.47. The molecule has 1 fully saturated rings. The molecule has 1 aromatic carbocycles. The molecule has 0 radical (unpaired) electrons. The van der Waals surface area contributed by atoms with Gasteiger partial charge in [0.2, 0.25) is 5.91 Å². The van der Waals surface area contributed by atoms with E-state index in [-0.39, 0.29) is 41.5 Å². The number of carbonyl (C=O) groups excluding carboxylic acids is 1. The molecular weight excluding hydrogens is 321 g/mol. The third-order valence-electron chi connectivity index (χ3n) is 4.39. The monoisotopic (exact) mass is 341 g/mol. The van der Waals surface area contributed by atoms with Crippen molar-refractivity contribution in [2.45, 2.75) is 31.7 Å². The van der Waals surface area contributed by atoms with Gasteiger partial charge in [-0.3, -0.25) is 4.79 Å². The van der Waals surface area contributed by atoms with Crippen molar-refractivity contribution in [3.05, 3.63) is 29.6 Å². The SMILES string of the molecule is O=C(C[C@H]1CCCS(=O)(=O)C1)N[C@H]1CCOc2c(F)cccc21. The second-order valence-electron chi connectivity index (χ2n) is 6.24. The van der Waals surface area contributed by atoms with E-state index in [9.17, 15) is 17.6 Å². The normalized spacial score (nSPS) is 26.0. The summed E-state index contributed by atoms with van der Waals surface area (Å²) in [7, 11) is -3.01. The van der Waals surface area contributed by atoms with Crippen molar-refractivity contribution in [3.8, 4) is 5.75 Å². The van der Waals surface area contributed by atoms with E-state index in [0.717, 1.165) is 6.42 Å². The summed E-state index contributed by atoms with van der Waals surface area (Å²) in [6, 6.07) is 4.38. The Balaban J connectivity index is 1.64. The maximum absolute atomic E-state index is 13.7. The lowest BCUT2D eigenvalue weighted by Crippen LogP contribution is -2.35. The highest BCUT2D eigenvalue weighted by molar-refractivity contribution is 7.91. The van der Waals surface area contributed by atoms with Crippen LogP contribution in [-0.4, -0.2) is 32.4 Å². The number of halogens is 1. The van der Waals surface area contributed by atoms with Gasteiger partial charge in [-0.2, -0.15) is 0 Å². The van der Waals surface area contributed by atoms with Gasteiger partial charge in [0.15, 0.2) is 21.4 Å². The maximum atomic E-state index is 13.7. The summed E-state index contributed by atoms with van der Waals surface area (Å²) >= 11 is 0.